The number of thiophene rings is 1. The van der Waals surface area contributed by atoms with Gasteiger partial charge >= 0.3 is 0 Å². The molecule has 0 saturated heterocycles. The summed E-state index contributed by atoms with van der Waals surface area (Å²) in [6.45, 7) is 9.79. The Hall–Kier alpha value is -3.11. The maximum absolute atomic E-state index is 13.1. The van der Waals surface area contributed by atoms with Gasteiger partial charge in [0.05, 0.1) is 22.0 Å². The highest BCUT2D eigenvalue weighted by Crippen LogP contribution is 2.30. The zero-order valence-electron chi connectivity index (χ0n) is 20.0. The van der Waals surface area contributed by atoms with Crippen LogP contribution in [-0.4, -0.2) is 30.1 Å². The highest BCUT2D eigenvalue weighted by molar-refractivity contribution is 8.00. The van der Waals surface area contributed by atoms with E-state index in [1.807, 2.05) is 51.1 Å². The van der Waals surface area contributed by atoms with Gasteiger partial charge < -0.3 is 5.32 Å². The Bertz CT molecular complexity index is 1510. The van der Waals surface area contributed by atoms with Crippen molar-refractivity contribution in [2.24, 2.45) is 7.05 Å². The van der Waals surface area contributed by atoms with Crippen LogP contribution in [0.25, 0.3) is 15.9 Å². The Morgan fingerprint density at radius 1 is 1.15 bits per heavy atom. The number of hydrogen-bond acceptors (Lipinski definition) is 6. The summed E-state index contributed by atoms with van der Waals surface area (Å²) >= 11 is 2.70. The van der Waals surface area contributed by atoms with E-state index in [2.05, 4.69) is 5.32 Å². The second-order valence-electron chi connectivity index (χ2n) is 8.09. The van der Waals surface area contributed by atoms with Crippen LogP contribution in [0, 0.1) is 20.8 Å². The van der Waals surface area contributed by atoms with Crippen molar-refractivity contribution in [3.63, 3.8) is 0 Å². The van der Waals surface area contributed by atoms with Crippen molar-refractivity contribution < 1.29 is 4.79 Å². The second kappa shape index (κ2) is 9.27. The van der Waals surface area contributed by atoms with Gasteiger partial charge in [-0.3, -0.25) is 23.6 Å². The summed E-state index contributed by atoms with van der Waals surface area (Å²) in [5.74, 6) is -0.327. The Labute approximate surface area is 205 Å². The quantitative estimate of drug-likeness (QED) is 0.321. The number of amides is 1. The van der Waals surface area contributed by atoms with Gasteiger partial charge in [0.2, 0.25) is 5.91 Å². The lowest BCUT2D eigenvalue weighted by molar-refractivity contribution is -0.115. The van der Waals surface area contributed by atoms with Crippen molar-refractivity contribution in [3.8, 4) is 5.69 Å². The molecule has 0 aliphatic heterocycles. The first kappa shape index (κ1) is 24.0. The molecule has 1 amide bonds. The van der Waals surface area contributed by atoms with E-state index in [1.54, 1.807) is 30.1 Å². The van der Waals surface area contributed by atoms with Crippen molar-refractivity contribution >= 4 is 44.9 Å². The molecule has 10 heteroatoms. The molecule has 4 aromatic rings. The third-order valence-corrected chi connectivity index (χ3v) is 8.22. The van der Waals surface area contributed by atoms with Gasteiger partial charge in [-0.15, -0.1) is 11.3 Å². The van der Waals surface area contributed by atoms with Crippen LogP contribution in [0.3, 0.4) is 0 Å². The Balaban J connectivity index is 1.63. The number of hydrogen-bond donors (Lipinski definition) is 1. The van der Waals surface area contributed by atoms with Gasteiger partial charge in [0.25, 0.3) is 11.1 Å². The lowest BCUT2D eigenvalue weighted by Gasteiger charge is -2.14. The van der Waals surface area contributed by atoms with Crippen LogP contribution in [0.5, 0.6) is 0 Å². The van der Waals surface area contributed by atoms with E-state index >= 15 is 0 Å². The van der Waals surface area contributed by atoms with Crippen LogP contribution >= 0.6 is 23.1 Å². The first-order valence-corrected chi connectivity index (χ1v) is 12.7. The molecule has 3 aromatic heterocycles. The van der Waals surface area contributed by atoms with Crippen LogP contribution in [-0.2, 0) is 18.4 Å². The minimum Gasteiger partial charge on any atom is -0.319 e. The Morgan fingerprint density at radius 2 is 1.82 bits per heavy atom. The molecule has 1 aromatic carbocycles. The van der Waals surface area contributed by atoms with E-state index in [4.69, 9.17) is 4.98 Å². The van der Waals surface area contributed by atoms with Gasteiger partial charge in [0.15, 0.2) is 5.16 Å². The molecule has 178 valence electrons. The molecule has 1 N–H and O–H groups in total. The topological polar surface area (TPSA) is 90.9 Å². The third-order valence-electron chi connectivity index (χ3n) is 6.02. The fourth-order valence-electron chi connectivity index (χ4n) is 3.83. The van der Waals surface area contributed by atoms with Gasteiger partial charge in [-0.25, -0.2) is 9.67 Å². The SMILES string of the molecule is CCn1c(S[C@@H](C)C(=O)Nc2c(C)n(C)n(-c3ccccc3)c2=O)nc2sc(C)c(C)c2c1=O. The summed E-state index contributed by atoms with van der Waals surface area (Å²) < 4.78 is 4.84. The summed E-state index contributed by atoms with van der Waals surface area (Å²) in [7, 11) is 1.78. The number of para-hydroxylation sites is 1. The van der Waals surface area contributed by atoms with Crippen LogP contribution in [0.15, 0.2) is 45.1 Å². The van der Waals surface area contributed by atoms with Crippen molar-refractivity contribution in [2.75, 3.05) is 5.32 Å². The van der Waals surface area contributed by atoms with Crippen molar-refractivity contribution in [3.05, 3.63) is 67.2 Å². The second-order valence-corrected chi connectivity index (χ2v) is 10.6. The molecular formula is C24H27N5O3S2. The Kier molecular flexibility index (Phi) is 6.55. The number of rotatable bonds is 6. The van der Waals surface area contributed by atoms with Gasteiger partial charge in [0.1, 0.15) is 10.5 Å². The van der Waals surface area contributed by atoms with Gasteiger partial charge in [0, 0.05) is 18.5 Å². The number of nitrogens with one attached hydrogen (secondary N) is 1. The largest absolute Gasteiger partial charge is 0.319 e. The molecule has 0 fully saturated rings. The molecule has 0 bridgehead atoms. The molecule has 34 heavy (non-hydrogen) atoms. The maximum atomic E-state index is 13.1. The standard InChI is InChI=1S/C24H27N5O3S2/c1-7-28-22(31)18-13(2)15(4)33-21(18)26-24(28)34-16(5)20(30)25-19-14(3)27(6)29(23(19)32)17-11-9-8-10-12-17/h8-12,16H,7H2,1-6H3,(H,25,30)/t16-/m0/s1. The number of aryl methyl sites for hydroxylation is 2. The summed E-state index contributed by atoms with van der Waals surface area (Å²) in [6.07, 6.45) is 0. The van der Waals surface area contributed by atoms with Crippen LogP contribution < -0.4 is 16.4 Å². The molecule has 0 saturated carbocycles. The third kappa shape index (κ3) is 4.01. The Morgan fingerprint density at radius 3 is 2.47 bits per heavy atom. The molecular weight excluding hydrogens is 470 g/mol. The van der Waals surface area contributed by atoms with E-state index in [9.17, 15) is 14.4 Å². The molecule has 1 atom stereocenters. The number of carbonyl (C=O) groups excluding carboxylic acids is 1. The normalized spacial score (nSPS) is 12.3. The monoisotopic (exact) mass is 497 g/mol. The van der Waals surface area contributed by atoms with Gasteiger partial charge in [-0.2, -0.15) is 0 Å². The minimum absolute atomic E-state index is 0.0888. The van der Waals surface area contributed by atoms with E-state index in [0.29, 0.717) is 33.3 Å². The predicted octanol–water partition coefficient (Wildman–Crippen LogP) is 4.01. The lowest BCUT2D eigenvalue weighted by Crippen LogP contribution is -2.28. The van der Waals surface area contributed by atoms with Crippen molar-refractivity contribution in [1.29, 1.82) is 0 Å². The van der Waals surface area contributed by atoms with Crippen LogP contribution in [0.4, 0.5) is 5.69 Å². The fourth-order valence-corrected chi connectivity index (χ4v) is 5.87. The number of nitrogens with zero attached hydrogens (tertiary/aromatic N) is 4. The van der Waals surface area contributed by atoms with Gasteiger partial charge in [-0.1, -0.05) is 30.0 Å². The molecule has 8 nitrogen and oxygen atoms in total. The molecule has 0 aliphatic rings. The first-order valence-electron chi connectivity index (χ1n) is 11.0. The number of thioether (sulfide) groups is 1. The zero-order valence-corrected chi connectivity index (χ0v) is 21.6. The molecule has 0 unspecified atom stereocenters. The predicted molar refractivity (Wildman–Crippen MR) is 139 cm³/mol. The molecule has 4 rings (SSSR count). The van der Waals surface area contributed by atoms with Crippen molar-refractivity contribution in [1.82, 2.24) is 18.9 Å². The molecule has 0 radical (unpaired) electrons. The number of benzene rings is 1. The van der Waals surface area contributed by atoms with E-state index in [1.165, 1.54) is 27.8 Å². The molecule has 0 spiro atoms. The van der Waals surface area contributed by atoms with Crippen LogP contribution in [0.2, 0.25) is 0 Å². The smallest absolute Gasteiger partial charge is 0.295 e. The highest BCUT2D eigenvalue weighted by atomic mass is 32.2. The maximum Gasteiger partial charge on any atom is 0.295 e. The molecule has 3 heterocycles. The summed E-state index contributed by atoms with van der Waals surface area (Å²) in [5, 5.41) is 3.37. The van der Waals surface area contributed by atoms with E-state index in [-0.39, 0.29) is 22.7 Å². The van der Waals surface area contributed by atoms with Crippen molar-refractivity contribution in [2.45, 2.75) is 51.6 Å². The summed E-state index contributed by atoms with van der Waals surface area (Å²) in [6, 6.07) is 9.27. The van der Waals surface area contributed by atoms with Gasteiger partial charge in [-0.05, 0) is 52.3 Å². The highest BCUT2D eigenvalue weighted by Gasteiger charge is 2.24. The summed E-state index contributed by atoms with van der Waals surface area (Å²) in [4.78, 5) is 45.7. The zero-order chi connectivity index (χ0) is 24.7. The number of fused-ring (bicyclic) bond motifs is 1. The average molecular weight is 498 g/mol. The first-order chi connectivity index (χ1) is 16.1. The van der Waals surface area contributed by atoms with E-state index in [0.717, 1.165) is 10.4 Å². The molecule has 0 aliphatic carbocycles. The number of carbonyl (C=O) groups is 1. The van der Waals surface area contributed by atoms with E-state index < -0.39 is 5.25 Å². The fraction of sp³-hybridized carbons (Fsp3) is 0.333. The summed E-state index contributed by atoms with van der Waals surface area (Å²) in [5.41, 5.74) is 2.17. The number of aromatic nitrogens is 4. The number of anilines is 1. The minimum atomic E-state index is -0.575. The average Bonchev–Trinajstić information content (AvgIpc) is 3.21. The lowest BCUT2D eigenvalue weighted by atomic mass is 10.2. The van der Waals surface area contributed by atoms with Crippen LogP contribution in [0.1, 0.15) is 30.0 Å².